The molecule has 0 saturated carbocycles. The Kier molecular flexibility index (Phi) is 3.98. The first-order valence-electron chi connectivity index (χ1n) is 7.32. The standard InChI is InChI=1S/C17H19N3OS/c1-10-4-5-15-14(6-10)13(8-18-15)7-11(2)16-9-22-17(20-16)19-12(3)21/h4-6,8-9,11,18H,7H2,1-3H3,(H,19,20,21)/t11-/m0/s1. The fraction of sp³-hybridized carbons (Fsp3) is 0.294. The van der Waals surface area contributed by atoms with Crippen LogP contribution in [0.25, 0.3) is 10.9 Å². The van der Waals surface area contributed by atoms with Crippen LogP contribution < -0.4 is 5.32 Å². The third kappa shape index (κ3) is 3.04. The second-order valence-corrected chi connectivity index (χ2v) is 6.58. The van der Waals surface area contributed by atoms with Gasteiger partial charge in [0.1, 0.15) is 0 Å². The molecule has 1 aromatic carbocycles. The summed E-state index contributed by atoms with van der Waals surface area (Å²) in [6, 6.07) is 6.46. The number of benzene rings is 1. The van der Waals surface area contributed by atoms with Gasteiger partial charge >= 0.3 is 0 Å². The van der Waals surface area contributed by atoms with Crippen LogP contribution >= 0.6 is 11.3 Å². The summed E-state index contributed by atoms with van der Waals surface area (Å²) in [5, 5.41) is 6.71. The number of carbonyl (C=O) groups excluding carboxylic acids is 1. The average Bonchev–Trinajstić information content (AvgIpc) is 3.06. The summed E-state index contributed by atoms with van der Waals surface area (Å²) in [6.45, 7) is 5.78. The molecule has 2 heterocycles. The van der Waals surface area contributed by atoms with Crippen LogP contribution in [0.4, 0.5) is 5.13 Å². The summed E-state index contributed by atoms with van der Waals surface area (Å²) in [6.07, 6.45) is 3.01. The minimum atomic E-state index is -0.0827. The van der Waals surface area contributed by atoms with Crippen molar-refractivity contribution in [2.75, 3.05) is 5.32 Å². The lowest BCUT2D eigenvalue weighted by Gasteiger charge is -2.08. The molecule has 5 heteroatoms. The number of rotatable bonds is 4. The van der Waals surface area contributed by atoms with Crippen LogP contribution in [0.1, 0.15) is 36.6 Å². The van der Waals surface area contributed by atoms with E-state index >= 15 is 0 Å². The van der Waals surface area contributed by atoms with Crippen LogP contribution in [-0.4, -0.2) is 15.9 Å². The van der Waals surface area contributed by atoms with Crippen LogP contribution in [0, 0.1) is 6.92 Å². The number of fused-ring (bicyclic) bond motifs is 1. The number of aromatic nitrogens is 2. The Balaban J connectivity index is 1.80. The van der Waals surface area contributed by atoms with Crippen molar-refractivity contribution in [3.05, 3.63) is 46.6 Å². The van der Waals surface area contributed by atoms with Crippen LogP contribution in [0.2, 0.25) is 0 Å². The maximum absolute atomic E-state index is 11.1. The van der Waals surface area contributed by atoms with Gasteiger partial charge in [0.15, 0.2) is 5.13 Å². The van der Waals surface area contributed by atoms with Crippen molar-refractivity contribution in [3.8, 4) is 0 Å². The van der Waals surface area contributed by atoms with E-state index in [1.54, 1.807) is 0 Å². The van der Waals surface area contributed by atoms with Crippen molar-refractivity contribution in [3.63, 3.8) is 0 Å². The van der Waals surface area contributed by atoms with Crippen LogP contribution in [-0.2, 0) is 11.2 Å². The van der Waals surface area contributed by atoms with Crippen LogP contribution in [0.5, 0.6) is 0 Å². The first kappa shape index (κ1) is 14.8. The van der Waals surface area contributed by atoms with Crippen molar-refractivity contribution in [2.45, 2.75) is 33.1 Å². The van der Waals surface area contributed by atoms with E-state index in [-0.39, 0.29) is 5.91 Å². The molecular weight excluding hydrogens is 294 g/mol. The van der Waals surface area contributed by atoms with Crippen LogP contribution in [0.15, 0.2) is 29.8 Å². The van der Waals surface area contributed by atoms with Gasteiger partial charge in [-0.05, 0) is 31.0 Å². The fourth-order valence-corrected chi connectivity index (χ4v) is 3.49. The molecule has 4 nitrogen and oxygen atoms in total. The monoisotopic (exact) mass is 313 g/mol. The zero-order valence-electron chi connectivity index (χ0n) is 12.9. The Morgan fingerprint density at radius 1 is 1.45 bits per heavy atom. The van der Waals surface area contributed by atoms with Crippen molar-refractivity contribution in [1.29, 1.82) is 0 Å². The lowest BCUT2D eigenvalue weighted by molar-refractivity contribution is -0.114. The highest BCUT2D eigenvalue weighted by molar-refractivity contribution is 7.13. The first-order chi connectivity index (χ1) is 10.5. The van der Waals surface area contributed by atoms with Gasteiger partial charge < -0.3 is 10.3 Å². The molecule has 2 N–H and O–H groups in total. The summed E-state index contributed by atoms with van der Waals surface area (Å²) in [5.41, 5.74) is 4.77. The third-order valence-electron chi connectivity index (χ3n) is 3.76. The molecule has 3 rings (SSSR count). The van der Waals surface area contributed by atoms with Crippen molar-refractivity contribution in [1.82, 2.24) is 9.97 Å². The van der Waals surface area contributed by atoms with Gasteiger partial charge in [-0.15, -0.1) is 11.3 Å². The van der Waals surface area contributed by atoms with Gasteiger partial charge in [0.2, 0.25) is 5.91 Å². The normalized spacial score (nSPS) is 12.5. The zero-order chi connectivity index (χ0) is 15.7. The Hall–Kier alpha value is -2.14. The second kappa shape index (κ2) is 5.93. The number of anilines is 1. The lowest BCUT2D eigenvalue weighted by Crippen LogP contribution is -2.06. The van der Waals surface area contributed by atoms with Gasteiger partial charge in [-0.25, -0.2) is 4.98 Å². The Bertz CT molecular complexity index is 818. The van der Waals surface area contributed by atoms with E-state index in [4.69, 9.17) is 0 Å². The molecule has 0 aliphatic heterocycles. The van der Waals surface area contributed by atoms with E-state index in [0.717, 1.165) is 12.1 Å². The van der Waals surface area contributed by atoms with E-state index in [2.05, 4.69) is 53.5 Å². The van der Waals surface area contributed by atoms with Crippen molar-refractivity contribution >= 4 is 33.3 Å². The molecule has 0 saturated heterocycles. The van der Waals surface area contributed by atoms with Gasteiger partial charge in [0, 0.05) is 35.3 Å². The predicted octanol–water partition coefficient (Wildman–Crippen LogP) is 4.24. The molecule has 0 spiro atoms. The maximum atomic E-state index is 11.1. The minimum absolute atomic E-state index is 0.0827. The summed E-state index contributed by atoms with van der Waals surface area (Å²) < 4.78 is 0. The van der Waals surface area contributed by atoms with E-state index < -0.39 is 0 Å². The number of hydrogen-bond donors (Lipinski definition) is 2. The number of aromatic amines is 1. The fourth-order valence-electron chi connectivity index (χ4n) is 2.62. The largest absolute Gasteiger partial charge is 0.361 e. The highest BCUT2D eigenvalue weighted by Gasteiger charge is 2.14. The third-order valence-corrected chi connectivity index (χ3v) is 4.53. The first-order valence-corrected chi connectivity index (χ1v) is 8.20. The molecule has 0 bridgehead atoms. The molecule has 22 heavy (non-hydrogen) atoms. The summed E-state index contributed by atoms with van der Waals surface area (Å²) in [7, 11) is 0. The van der Waals surface area contributed by atoms with Crippen molar-refractivity contribution in [2.24, 2.45) is 0 Å². The molecule has 1 atom stereocenters. The topological polar surface area (TPSA) is 57.8 Å². The second-order valence-electron chi connectivity index (χ2n) is 5.73. The molecule has 3 aromatic rings. The predicted molar refractivity (Wildman–Crippen MR) is 91.6 cm³/mol. The van der Waals surface area contributed by atoms with Crippen LogP contribution in [0.3, 0.4) is 0 Å². The highest BCUT2D eigenvalue weighted by Crippen LogP contribution is 2.28. The summed E-state index contributed by atoms with van der Waals surface area (Å²) in [5.74, 6) is 0.221. The maximum Gasteiger partial charge on any atom is 0.223 e. The van der Waals surface area contributed by atoms with E-state index in [9.17, 15) is 4.79 Å². The average molecular weight is 313 g/mol. The zero-order valence-corrected chi connectivity index (χ0v) is 13.8. The van der Waals surface area contributed by atoms with Gasteiger partial charge in [-0.1, -0.05) is 18.6 Å². The molecule has 0 radical (unpaired) electrons. The summed E-state index contributed by atoms with van der Waals surface area (Å²) in [4.78, 5) is 18.9. The number of H-pyrrole nitrogens is 1. The van der Waals surface area contributed by atoms with Gasteiger partial charge in [0.25, 0.3) is 0 Å². The van der Waals surface area contributed by atoms with Gasteiger partial charge in [0.05, 0.1) is 5.69 Å². The van der Waals surface area contributed by atoms with Crippen molar-refractivity contribution < 1.29 is 4.79 Å². The minimum Gasteiger partial charge on any atom is -0.361 e. The van der Waals surface area contributed by atoms with E-state index in [1.165, 1.54) is 40.3 Å². The SMILES string of the molecule is CC(=O)Nc1nc([C@@H](C)Cc2c[nH]c3ccc(C)cc23)cs1. The van der Waals surface area contributed by atoms with E-state index in [1.807, 2.05) is 5.38 Å². The molecule has 0 unspecified atom stereocenters. The molecule has 0 fully saturated rings. The van der Waals surface area contributed by atoms with Gasteiger partial charge in [-0.3, -0.25) is 4.79 Å². The number of nitrogens with zero attached hydrogens (tertiary/aromatic N) is 1. The highest BCUT2D eigenvalue weighted by atomic mass is 32.1. The summed E-state index contributed by atoms with van der Waals surface area (Å²) >= 11 is 1.47. The Morgan fingerprint density at radius 3 is 3.05 bits per heavy atom. The number of hydrogen-bond acceptors (Lipinski definition) is 3. The lowest BCUT2D eigenvalue weighted by atomic mass is 9.98. The number of amides is 1. The molecular formula is C17H19N3OS. The van der Waals surface area contributed by atoms with E-state index in [0.29, 0.717) is 11.0 Å². The quantitative estimate of drug-likeness (QED) is 0.757. The molecule has 1 amide bonds. The molecule has 2 aromatic heterocycles. The molecule has 0 aliphatic carbocycles. The Labute approximate surface area is 133 Å². The molecule has 0 aliphatic rings. The van der Waals surface area contributed by atoms with Gasteiger partial charge in [-0.2, -0.15) is 0 Å². The smallest absolute Gasteiger partial charge is 0.223 e. The number of thiazole rings is 1. The number of aryl methyl sites for hydroxylation is 1. The number of nitrogens with one attached hydrogen (secondary N) is 2. The Morgan fingerprint density at radius 2 is 2.27 bits per heavy atom. The molecule has 114 valence electrons. The number of carbonyl (C=O) groups is 1.